The van der Waals surface area contributed by atoms with Crippen molar-refractivity contribution in [2.75, 3.05) is 0 Å². The lowest BCUT2D eigenvalue weighted by molar-refractivity contribution is -0.0316. The molecule has 0 aliphatic heterocycles. The molecule has 0 fully saturated rings. The van der Waals surface area contributed by atoms with Gasteiger partial charge in [0.05, 0.1) is 12.2 Å². The molecular formula is C18H28O2. The summed E-state index contributed by atoms with van der Waals surface area (Å²) in [6.45, 7) is 12.9. The fourth-order valence-electron chi connectivity index (χ4n) is 1.68. The Morgan fingerprint density at radius 1 is 1.00 bits per heavy atom. The molecular weight excluding hydrogens is 248 g/mol. The first-order chi connectivity index (χ1) is 9.22. The summed E-state index contributed by atoms with van der Waals surface area (Å²) in [5.41, 5.74) is 1.51. The highest BCUT2D eigenvalue weighted by Crippen LogP contribution is 2.26. The van der Waals surface area contributed by atoms with Gasteiger partial charge < -0.3 is 4.74 Å². The van der Waals surface area contributed by atoms with Crippen LogP contribution in [0.3, 0.4) is 0 Å². The van der Waals surface area contributed by atoms with E-state index in [1.54, 1.807) is 0 Å². The van der Waals surface area contributed by atoms with Crippen molar-refractivity contribution in [1.82, 2.24) is 0 Å². The molecule has 20 heavy (non-hydrogen) atoms. The maximum atomic E-state index is 12.3. The van der Waals surface area contributed by atoms with Gasteiger partial charge in [-0.25, -0.2) is 0 Å². The van der Waals surface area contributed by atoms with Crippen LogP contribution in [0.1, 0.15) is 70.3 Å². The molecule has 0 radical (unpaired) electrons. The molecule has 2 heteroatoms. The maximum absolute atomic E-state index is 12.3. The minimum Gasteiger partial charge on any atom is -0.371 e. The predicted octanol–water partition coefficient (Wildman–Crippen LogP) is 5.01. The molecule has 0 heterocycles. The van der Waals surface area contributed by atoms with Crippen molar-refractivity contribution in [1.29, 1.82) is 0 Å². The molecule has 0 aliphatic rings. The van der Waals surface area contributed by atoms with E-state index in [0.717, 1.165) is 24.0 Å². The smallest absolute Gasteiger partial charge is 0.168 e. The second-order valence-electron chi connectivity index (χ2n) is 6.67. The van der Waals surface area contributed by atoms with Crippen LogP contribution in [-0.2, 0) is 11.3 Å². The minimum atomic E-state index is -0.289. The average molecular weight is 276 g/mol. The van der Waals surface area contributed by atoms with E-state index >= 15 is 0 Å². The number of ketones is 1. The Morgan fingerprint density at radius 3 is 2.00 bits per heavy atom. The Balaban J connectivity index is 2.72. The zero-order valence-corrected chi connectivity index (χ0v) is 13.7. The average Bonchev–Trinajstić information content (AvgIpc) is 2.45. The lowest BCUT2D eigenvalue weighted by atomic mass is 9.82. The van der Waals surface area contributed by atoms with E-state index in [-0.39, 0.29) is 16.8 Å². The number of carbonyl (C=O) groups excluding carboxylic acids is 1. The van der Waals surface area contributed by atoms with E-state index in [0.29, 0.717) is 6.61 Å². The number of rotatable bonds is 7. The van der Waals surface area contributed by atoms with E-state index in [2.05, 4.69) is 20.8 Å². The summed E-state index contributed by atoms with van der Waals surface area (Å²) in [4.78, 5) is 12.3. The number of Topliss-reactive ketones (excluding diaryl/α,β-unsaturated/α-hetero) is 1. The second kappa shape index (κ2) is 6.53. The molecule has 1 rings (SSSR count). The normalized spacial score (nSPS) is 12.5. The lowest BCUT2D eigenvalue weighted by Crippen LogP contribution is -2.23. The van der Waals surface area contributed by atoms with Gasteiger partial charge in [-0.3, -0.25) is 4.79 Å². The molecule has 0 N–H and O–H groups in total. The molecule has 0 aliphatic carbocycles. The van der Waals surface area contributed by atoms with E-state index in [9.17, 15) is 4.79 Å². The minimum absolute atomic E-state index is 0.0985. The Hall–Kier alpha value is -1.15. The summed E-state index contributed by atoms with van der Waals surface area (Å²) in [6, 6.07) is 7.81. The molecule has 0 unspecified atom stereocenters. The number of ether oxygens (including phenoxy) is 1. The largest absolute Gasteiger partial charge is 0.371 e. The van der Waals surface area contributed by atoms with Crippen molar-refractivity contribution in [2.45, 2.75) is 66.6 Å². The van der Waals surface area contributed by atoms with Gasteiger partial charge in [-0.2, -0.15) is 0 Å². The van der Waals surface area contributed by atoms with Gasteiger partial charge in [0.15, 0.2) is 5.78 Å². The fraction of sp³-hybridized carbons (Fsp3) is 0.611. The van der Waals surface area contributed by atoms with Crippen molar-refractivity contribution in [3.63, 3.8) is 0 Å². The third-order valence-electron chi connectivity index (χ3n) is 4.20. The quantitative estimate of drug-likeness (QED) is 0.654. The van der Waals surface area contributed by atoms with Crippen molar-refractivity contribution >= 4 is 5.78 Å². The van der Waals surface area contributed by atoms with Crippen LogP contribution in [0.15, 0.2) is 24.3 Å². The zero-order valence-electron chi connectivity index (χ0n) is 13.7. The first kappa shape index (κ1) is 16.9. The van der Waals surface area contributed by atoms with Crippen LogP contribution in [0.2, 0.25) is 0 Å². The summed E-state index contributed by atoms with van der Waals surface area (Å²) in [5.74, 6) is 0.210. The molecule has 0 bridgehead atoms. The van der Waals surface area contributed by atoms with Crippen LogP contribution in [-0.4, -0.2) is 11.4 Å². The van der Waals surface area contributed by atoms with E-state index < -0.39 is 0 Å². The van der Waals surface area contributed by atoms with Crippen LogP contribution < -0.4 is 0 Å². The molecule has 1 aromatic rings. The molecule has 0 saturated carbocycles. The highest BCUT2D eigenvalue weighted by atomic mass is 16.5. The summed E-state index contributed by atoms with van der Waals surface area (Å²) >= 11 is 0. The number of hydrogen-bond donors (Lipinski definition) is 0. The molecule has 0 saturated heterocycles. The summed E-state index contributed by atoms with van der Waals surface area (Å²) in [6.07, 6.45) is 1.83. The van der Waals surface area contributed by atoms with Gasteiger partial charge in [0.1, 0.15) is 0 Å². The van der Waals surface area contributed by atoms with E-state index in [4.69, 9.17) is 4.74 Å². The summed E-state index contributed by atoms with van der Waals surface area (Å²) in [5, 5.41) is 0. The van der Waals surface area contributed by atoms with Crippen LogP contribution in [0.5, 0.6) is 0 Å². The fourth-order valence-corrected chi connectivity index (χ4v) is 1.68. The van der Waals surface area contributed by atoms with Crippen molar-refractivity contribution in [2.24, 2.45) is 5.41 Å². The molecule has 2 nitrogen and oxygen atoms in total. The number of hydrogen-bond acceptors (Lipinski definition) is 2. The second-order valence-corrected chi connectivity index (χ2v) is 6.67. The van der Waals surface area contributed by atoms with Crippen molar-refractivity contribution in [3.8, 4) is 0 Å². The van der Waals surface area contributed by atoms with E-state index in [1.807, 2.05) is 45.0 Å². The van der Waals surface area contributed by atoms with Gasteiger partial charge in [-0.05, 0) is 32.3 Å². The van der Waals surface area contributed by atoms with E-state index in [1.165, 1.54) is 0 Å². The highest BCUT2D eigenvalue weighted by Gasteiger charge is 2.26. The summed E-state index contributed by atoms with van der Waals surface area (Å²) in [7, 11) is 0. The monoisotopic (exact) mass is 276 g/mol. The van der Waals surface area contributed by atoms with Crippen LogP contribution in [0.25, 0.3) is 0 Å². The lowest BCUT2D eigenvalue weighted by Gasteiger charge is -2.24. The zero-order chi connectivity index (χ0) is 15.4. The predicted molar refractivity (Wildman–Crippen MR) is 84.0 cm³/mol. The third kappa shape index (κ3) is 4.45. The van der Waals surface area contributed by atoms with Crippen molar-refractivity contribution in [3.05, 3.63) is 35.4 Å². The Morgan fingerprint density at radius 2 is 1.55 bits per heavy atom. The summed E-state index contributed by atoms with van der Waals surface area (Å²) < 4.78 is 5.87. The van der Waals surface area contributed by atoms with Gasteiger partial charge in [0.25, 0.3) is 0 Å². The van der Waals surface area contributed by atoms with Gasteiger partial charge >= 0.3 is 0 Å². The van der Waals surface area contributed by atoms with Crippen molar-refractivity contribution < 1.29 is 9.53 Å². The Kier molecular flexibility index (Phi) is 5.52. The molecule has 1 aromatic carbocycles. The first-order valence-corrected chi connectivity index (χ1v) is 7.49. The number of benzene rings is 1. The van der Waals surface area contributed by atoms with Gasteiger partial charge in [-0.1, -0.05) is 52.0 Å². The maximum Gasteiger partial charge on any atom is 0.168 e. The molecule has 112 valence electrons. The molecule has 0 spiro atoms. The van der Waals surface area contributed by atoms with Crippen LogP contribution >= 0.6 is 0 Å². The third-order valence-corrected chi connectivity index (χ3v) is 4.20. The SMILES string of the molecule is CCC(C)(C)OCc1ccc(C(=O)C(C)(C)CC)cc1. The van der Waals surface area contributed by atoms with Crippen LogP contribution in [0, 0.1) is 5.41 Å². The Labute approximate surface area is 123 Å². The van der Waals surface area contributed by atoms with Gasteiger partial charge in [-0.15, -0.1) is 0 Å². The highest BCUT2D eigenvalue weighted by molar-refractivity contribution is 6.00. The topological polar surface area (TPSA) is 26.3 Å². The number of carbonyl (C=O) groups is 1. The van der Waals surface area contributed by atoms with Crippen LogP contribution in [0.4, 0.5) is 0 Å². The first-order valence-electron chi connectivity index (χ1n) is 7.49. The molecule has 0 amide bonds. The van der Waals surface area contributed by atoms with Gasteiger partial charge in [0, 0.05) is 11.0 Å². The Bertz CT molecular complexity index is 441. The van der Waals surface area contributed by atoms with Gasteiger partial charge in [0.2, 0.25) is 0 Å². The standard InChI is InChI=1S/C18H28O2/c1-7-17(3,4)16(19)15-11-9-14(10-12-15)13-20-18(5,6)8-2/h9-12H,7-8,13H2,1-6H3. The molecule has 0 aromatic heterocycles. The molecule has 0 atom stereocenters.